The molecule has 0 bridgehead atoms. The lowest BCUT2D eigenvalue weighted by Crippen LogP contribution is -2.41. The molecule has 0 unspecified atom stereocenters. The molecule has 7 heteroatoms. The third-order valence-electron chi connectivity index (χ3n) is 6.60. The number of aryl methyl sites for hydroxylation is 2. The number of benzene rings is 3. The van der Waals surface area contributed by atoms with Gasteiger partial charge in [-0.15, -0.1) is 11.3 Å². The molecule has 1 aliphatic carbocycles. The van der Waals surface area contributed by atoms with Crippen molar-refractivity contribution in [2.24, 2.45) is 0 Å². The van der Waals surface area contributed by atoms with Crippen LogP contribution >= 0.6 is 11.3 Å². The summed E-state index contributed by atoms with van der Waals surface area (Å²) in [5.41, 5.74) is 5.91. The van der Waals surface area contributed by atoms with Crippen molar-refractivity contribution in [3.05, 3.63) is 94.1 Å². The van der Waals surface area contributed by atoms with E-state index in [4.69, 9.17) is 4.74 Å². The first-order valence-corrected chi connectivity index (χ1v) is 12.3. The molecule has 1 amide bonds. The molecule has 3 aromatic carbocycles. The standard InChI is InChI=1S/C28H24FNO4S/c1-16-22-14-17(11-13-25(22)35-26(16)29)10-12-24(27(31)32)30-28(33)34-15-23-20-8-4-2-6-18(20)19-7-3-5-9-21(19)23/h2-9,11,13-14,23-24H,10,12,15H2,1H3,(H,30,33)(H,31,32)/t24-/m0/s1. The van der Waals surface area contributed by atoms with Gasteiger partial charge in [-0.3, -0.25) is 0 Å². The van der Waals surface area contributed by atoms with Crippen molar-refractivity contribution < 1.29 is 23.8 Å². The minimum Gasteiger partial charge on any atom is -0.480 e. The van der Waals surface area contributed by atoms with Crippen molar-refractivity contribution in [1.82, 2.24) is 5.32 Å². The van der Waals surface area contributed by atoms with Crippen LogP contribution in [0.4, 0.5) is 9.18 Å². The molecule has 0 radical (unpaired) electrons. The van der Waals surface area contributed by atoms with Gasteiger partial charge in [0.2, 0.25) is 0 Å². The number of aliphatic carboxylic acids is 1. The average molecular weight is 490 g/mol. The number of ether oxygens (including phenoxy) is 1. The zero-order valence-corrected chi connectivity index (χ0v) is 19.9. The van der Waals surface area contributed by atoms with Gasteiger partial charge in [0.1, 0.15) is 12.6 Å². The molecule has 1 aromatic heterocycles. The maximum atomic E-state index is 13.9. The van der Waals surface area contributed by atoms with Gasteiger partial charge < -0.3 is 15.2 Å². The smallest absolute Gasteiger partial charge is 0.407 e. The predicted molar refractivity (Wildman–Crippen MR) is 134 cm³/mol. The molecule has 0 saturated heterocycles. The van der Waals surface area contributed by atoms with Crippen molar-refractivity contribution in [1.29, 1.82) is 0 Å². The van der Waals surface area contributed by atoms with Crippen molar-refractivity contribution in [3.8, 4) is 11.1 Å². The number of carboxylic acids is 1. The van der Waals surface area contributed by atoms with E-state index in [-0.39, 0.29) is 24.1 Å². The number of carboxylic acid groups (broad SMARTS) is 1. The summed E-state index contributed by atoms with van der Waals surface area (Å²) in [6, 6.07) is 20.5. The van der Waals surface area contributed by atoms with Gasteiger partial charge in [-0.2, -0.15) is 4.39 Å². The van der Waals surface area contributed by atoms with E-state index in [0.29, 0.717) is 12.0 Å². The lowest BCUT2D eigenvalue weighted by Gasteiger charge is -2.17. The highest BCUT2D eigenvalue weighted by Crippen LogP contribution is 2.44. The van der Waals surface area contributed by atoms with Gasteiger partial charge >= 0.3 is 12.1 Å². The van der Waals surface area contributed by atoms with E-state index >= 15 is 0 Å². The van der Waals surface area contributed by atoms with E-state index < -0.39 is 18.1 Å². The molecule has 5 nitrogen and oxygen atoms in total. The molecule has 178 valence electrons. The van der Waals surface area contributed by atoms with Crippen LogP contribution < -0.4 is 5.32 Å². The van der Waals surface area contributed by atoms with Gasteiger partial charge in [0.25, 0.3) is 0 Å². The maximum Gasteiger partial charge on any atom is 0.407 e. The first-order valence-electron chi connectivity index (χ1n) is 11.4. The number of thiophene rings is 1. The molecule has 0 saturated carbocycles. The fraction of sp³-hybridized carbons (Fsp3) is 0.214. The summed E-state index contributed by atoms with van der Waals surface area (Å²) < 4.78 is 20.2. The largest absolute Gasteiger partial charge is 0.480 e. The summed E-state index contributed by atoms with van der Waals surface area (Å²) in [6.45, 7) is 1.85. The van der Waals surface area contributed by atoms with Crippen LogP contribution in [0.15, 0.2) is 66.7 Å². The number of carbonyl (C=O) groups is 2. The molecule has 2 N–H and O–H groups in total. The van der Waals surface area contributed by atoms with Crippen molar-refractivity contribution in [2.75, 3.05) is 6.61 Å². The van der Waals surface area contributed by atoms with Crippen molar-refractivity contribution in [3.63, 3.8) is 0 Å². The Morgan fingerprint density at radius 1 is 1.06 bits per heavy atom. The summed E-state index contributed by atoms with van der Waals surface area (Å²) in [5.74, 6) is -1.23. The molecule has 4 aromatic rings. The van der Waals surface area contributed by atoms with E-state index in [1.165, 1.54) is 0 Å². The number of halogens is 1. The van der Waals surface area contributed by atoms with Gasteiger partial charge in [-0.05, 0) is 65.1 Å². The second kappa shape index (κ2) is 9.50. The van der Waals surface area contributed by atoms with E-state index in [9.17, 15) is 19.1 Å². The number of nitrogens with one attached hydrogen (secondary N) is 1. The normalized spacial score (nSPS) is 13.3. The molecular weight excluding hydrogens is 465 g/mol. The molecular formula is C28H24FNO4S. The number of fused-ring (bicyclic) bond motifs is 4. The van der Waals surface area contributed by atoms with Crippen LogP contribution in [0.25, 0.3) is 21.2 Å². The highest BCUT2D eigenvalue weighted by Gasteiger charge is 2.29. The second-order valence-electron chi connectivity index (χ2n) is 8.73. The van der Waals surface area contributed by atoms with Gasteiger partial charge in [-0.25, -0.2) is 9.59 Å². The highest BCUT2D eigenvalue weighted by molar-refractivity contribution is 7.17. The Labute approximate surface area is 206 Å². The molecule has 1 heterocycles. The lowest BCUT2D eigenvalue weighted by molar-refractivity contribution is -0.139. The van der Waals surface area contributed by atoms with Crippen molar-refractivity contribution in [2.45, 2.75) is 31.7 Å². The predicted octanol–water partition coefficient (Wildman–Crippen LogP) is 6.27. The number of rotatable bonds is 7. The average Bonchev–Trinajstić information content (AvgIpc) is 3.33. The number of hydrogen-bond acceptors (Lipinski definition) is 4. The minimum absolute atomic E-state index is 0.0996. The molecule has 0 spiro atoms. The van der Waals surface area contributed by atoms with Crippen LogP contribution in [0.5, 0.6) is 0 Å². The third-order valence-corrected chi connectivity index (χ3v) is 7.66. The first kappa shape index (κ1) is 23.1. The van der Waals surface area contributed by atoms with E-state index in [0.717, 1.165) is 49.2 Å². The maximum absolute atomic E-state index is 13.9. The molecule has 35 heavy (non-hydrogen) atoms. The van der Waals surface area contributed by atoms with E-state index in [2.05, 4.69) is 17.4 Å². The first-order chi connectivity index (χ1) is 16.9. The summed E-state index contributed by atoms with van der Waals surface area (Å²) in [4.78, 5) is 24.3. The molecule has 5 rings (SSSR count). The third kappa shape index (κ3) is 4.51. The highest BCUT2D eigenvalue weighted by atomic mass is 32.1. The van der Waals surface area contributed by atoms with Crippen LogP contribution in [0.2, 0.25) is 0 Å². The zero-order chi connectivity index (χ0) is 24.5. The summed E-state index contributed by atoms with van der Waals surface area (Å²) in [7, 11) is 0. The number of alkyl carbamates (subject to hydrolysis) is 1. The summed E-state index contributed by atoms with van der Waals surface area (Å²) in [5, 5.41) is 12.8. The van der Waals surface area contributed by atoms with Crippen molar-refractivity contribution >= 4 is 33.5 Å². The quantitative estimate of drug-likeness (QED) is 0.321. The molecule has 0 aliphatic heterocycles. The SMILES string of the molecule is Cc1c(F)sc2ccc(CC[C@H](NC(=O)OCC3c4ccccc4-c4ccccc43)C(=O)O)cc12. The van der Waals surface area contributed by atoms with E-state index in [1.807, 2.05) is 54.6 Å². The number of carbonyl (C=O) groups excluding carboxylic acids is 1. The van der Waals surface area contributed by atoms with Crippen LogP contribution in [0, 0.1) is 12.1 Å². The summed E-state index contributed by atoms with van der Waals surface area (Å²) >= 11 is 1.10. The fourth-order valence-corrected chi connectivity index (χ4v) is 5.66. The molecule has 1 aliphatic rings. The number of hydrogen-bond donors (Lipinski definition) is 2. The Hall–Kier alpha value is -3.71. The Bertz CT molecular complexity index is 1380. The van der Waals surface area contributed by atoms with Crippen LogP contribution in [0.1, 0.15) is 34.6 Å². The van der Waals surface area contributed by atoms with Gasteiger partial charge in [0.05, 0.1) is 0 Å². The topological polar surface area (TPSA) is 75.6 Å². The fourth-order valence-electron chi connectivity index (χ4n) is 4.74. The van der Waals surface area contributed by atoms with Crippen LogP contribution in [-0.2, 0) is 16.0 Å². The Morgan fingerprint density at radius 3 is 2.37 bits per heavy atom. The van der Waals surface area contributed by atoms with Gasteiger partial charge in [-0.1, -0.05) is 54.6 Å². The van der Waals surface area contributed by atoms with Gasteiger partial charge in [0.15, 0.2) is 5.13 Å². The Balaban J connectivity index is 1.22. The zero-order valence-electron chi connectivity index (χ0n) is 19.1. The second-order valence-corrected chi connectivity index (χ2v) is 9.73. The Kier molecular flexibility index (Phi) is 6.26. The molecule has 0 fully saturated rings. The van der Waals surface area contributed by atoms with Crippen LogP contribution in [-0.4, -0.2) is 29.8 Å². The Morgan fingerprint density at radius 2 is 1.71 bits per heavy atom. The lowest BCUT2D eigenvalue weighted by atomic mass is 9.98. The monoisotopic (exact) mass is 489 g/mol. The number of amides is 1. The minimum atomic E-state index is -1.13. The molecule has 1 atom stereocenters. The van der Waals surface area contributed by atoms with Gasteiger partial charge in [0, 0.05) is 16.2 Å². The van der Waals surface area contributed by atoms with E-state index in [1.54, 1.807) is 6.92 Å². The summed E-state index contributed by atoms with van der Waals surface area (Å²) in [6.07, 6.45) is -0.144. The van der Waals surface area contributed by atoms with Crippen LogP contribution in [0.3, 0.4) is 0 Å².